The Morgan fingerprint density at radius 3 is 2.61 bits per heavy atom. The van der Waals surface area contributed by atoms with Crippen molar-refractivity contribution in [1.29, 1.82) is 0 Å². The lowest BCUT2D eigenvalue weighted by Crippen LogP contribution is -2.16. The van der Waals surface area contributed by atoms with Gasteiger partial charge >= 0.3 is 5.97 Å². The van der Waals surface area contributed by atoms with E-state index >= 15 is 0 Å². The van der Waals surface area contributed by atoms with Gasteiger partial charge in [-0.05, 0) is 25.8 Å². The first-order chi connectivity index (χ1) is 10.9. The highest BCUT2D eigenvalue weighted by Gasteiger charge is 2.17. The van der Waals surface area contributed by atoms with E-state index < -0.39 is 5.97 Å². The molecular formula is C15H21N5O3. The van der Waals surface area contributed by atoms with E-state index in [0.29, 0.717) is 11.5 Å². The largest absolute Gasteiger partial charge is 0.480 e. The molecule has 8 heteroatoms. The van der Waals surface area contributed by atoms with Gasteiger partial charge in [0.15, 0.2) is 11.5 Å². The molecule has 0 fully saturated rings. The summed E-state index contributed by atoms with van der Waals surface area (Å²) in [6.45, 7) is 5.84. The number of hydrogen-bond donors (Lipinski definition) is 2. The standard InChI is InChI=1S/C15H21N5O3/c1-4-11(5-2)20-10(3)8-12(17-20)15(23)16-13-6-7-19(18-13)9-14(21)22/h6-8,11H,4-5,9H2,1-3H3,(H,21,22)(H,16,18,23). The van der Waals surface area contributed by atoms with Crippen molar-refractivity contribution in [1.82, 2.24) is 19.6 Å². The van der Waals surface area contributed by atoms with Crippen LogP contribution in [0.2, 0.25) is 0 Å². The van der Waals surface area contributed by atoms with Crippen molar-refractivity contribution in [2.45, 2.75) is 46.2 Å². The third-order valence-corrected chi connectivity index (χ3v) is 3.62. The summed E-state index contributed by atoms with van der Waals surface area (Å²) >= 11 is 0. The van der Waals surface area contributed by atoms with Crippen molar-refractivity contribution in [3.63, 3.8) is 0 Å². The predicted molar refractivity (Wildman–Crippen MR) is 84.4 cm³/mol. The minimum absolute atomic E-state index is 0.252. The maximum absolute atomic E-state index is 12.3. The summed E-state index contributed by atoms with van der Waals surface area (Å²) in [4.78, 5) is 22.9. The quantitative estimate of drug-likeness (QED) is 0.813. The van der Waals surface area contributed by atoms with E-state index in [2.05, 4.69) is 29.4 Å². The van der Waals surface area contributed by atoms with Crippen LogP contribution >= 0.6 is 0 Å². The molecular weight excluding hydrogens is 298 g/mol. The minimum Gasteiger partial charge on any atom is -0.480 e. The third-order valence-electron chi connectivity index (χ3n) is 3.62. The fraction of sp³-hybridized carbons (Fsp3) is 0.467. The van der Waals surface area contributed by atoms with E-state index in [-0.39, 0.29) is 18.5 Å². The van der Waals surface area contributed by atoms with Gasteiger partial charge in [-0.2, -0.15) is 10.2 Å². The molecule has 23 heavy (non-hydrogen) atoms. The lowest BCUT2D eigenvalue weighted by atomic mass is 10.2. The number of amides is 1. The monoisotopic (exact) mass is 319 g/mol. The zero-order valence-electron chi connectivity index (χ0n) is 13.5. The molecule has 0 saturated carbocycles. The van der Waals surface area contributed by atoms with Crippen LogP contribution in [0.3, 0.4) is 0 Å². The number of rotatable bonds is 7. The molecule has 8 nitrogen and oxygen atoms in total. The lowest BCUT2D eigenvalue weighted by molar-refractivity contribution is -0.137. The number of aliphatic carboxylic acids is 1. The predicted octanol–water partition coefficient (Wildman–Crippen LogP) is 2.09. The molecule has 0 spiro atoms. The highest BCUT2D eigenvalue weighted by Crippen LogP contribution is 2.18. The second-order valence-corrected chi connectivity index (χ2v) is 5.33. The Kier molecular flexibility index (Phi) is 5.15. The van der Waals surface area contributed by atoms with Gasteiger partial charge < -0.3 is 10.4 Å². The second-order valence-electron chi connectivity index (χ2n) is 5.33. The third kappa shape index (κ3) is 3.97. The van der Waals surface area contributed by atoms with Crippen LogP contribution in [-0.2, 0) is 11.3 Å². The molecule has 0 aromatic carbocycles. The van der Waals surface area contributed by atoms with Gasteiger partial charge in [0.2, 0.25) is 0 Å². The minimum atomic E-state index is -0.995. The van der Waals surface area contributed by atoms with Gasteiger partial charge in [-0.15, -0.1) is 0 Å². The number of carbonyl (C=O) groups is 2. The molecule has 2 heterocycles. The molecule has 124 valence electrons. The van der Waals surface area contributed by atoms with Crippen molar-refractivity contribution in [3.05, 3.63) is 29.7 Å². The average Bonchev–Trinajstić information content (AvgIpc) is 3.07. The first kappa shape index (κ1) is 16.7. The molecule has 0 unspecified atom stereocenters. The van der Waals surface area contributed by atoms with Gasteiger partial charge in [-0.1, -0.05) is 13.8 Å². The summed E-state index contributed by atoms with van der Waals surface area (Å²) < 4.78 is 3.12. The molecule has 0 aliphatic heterocycles. The Labute approximate surface area is 134 Å². The number of nitrogens with zero attached hydrogens (tertiary/aromatic N) is 4. The Balaban J connectivity index is 2.10. The maximum Gasteiger partial charge on any atom is 0.325 e. The van der Waals surface area contributed by atoms with Crippen molar-refractivity contribution >= 4 is 17.7 Å². The van der Waals surface area contributed by atoms with E-state index in [9.17, 15) is 9.59 Å². The molecule has 2 aromatic rings. The normalized spacial score (nSPS) is 11.0. The zero-order chi connectivity index (χ0) is 17.0. The second kappa shape index (κ2) is 7.08. The van der Waals surface area contributed by atoms with Crippen LogP contribution in [0.15, 0.2) is 18.3 Å². The molecule has 0 radical (unpaired) electrons. The summed E-state index contributed by atoms with van der Waals surface area (Å²) in [6, 6.07) is 3.55. The van der Waals surface area contributed by atoms with Crippen LogP contribution in [0.25, 0.3) is 0 Å². The maximum atomic E-state index is 12.3. The zero-order valence-corrected chi connectivity index (χ0v) is 13.5. The summed E-state index contributed by atoms with van der Waals surface area (Å²) in [7, 11) is 0. The van der Waals surface area contributed by atoms with E-state index in [0.717, 1.165) is 18.5 Å². The summed E-state index contributed by atoms with van der Waals surface area (Å²) in [5.74, 6) is -1.06. The van der Waals surface area contributed by atoms with Crippen LogP contribution in [-0.4, -0.2) is 36.5 Å². The van der Waals surface area contributed by atoms with E-state index in [1.54, 1.807) is 12.1 Å². The molecule has 0 saturated heterocycles. The van der Waals surface area contributed by atoms with Crippen molar-refractivity contribution in [2.24, 2.45) is 0 Å². The Morgan fingerprint density at radius 2 is 2.00 bits per heavy atom. The number of nitrogens with one attached hydrogen (secondary N) is 1. The van der Waals surface area contributed by atoms with Gasteiger partial charge in [0.05, 0.1) is 6.04 Å². The summed E-state index contributed by atoms with van der Waals surface area (Å²) in [5.41, 5.74) is 1.25. The highest BCUT2D eigenvalue weighted by molar-refractivity contribution is 6.02. The number of anilines is 1. The van der Waals surface area contributed by atoms with Crippen LogP contribution in [0.5, 0.6) is 0 Å². The number of carboxylic acid groups (broad SMARTS) is 1. The Hall–Kier alpha value is -2.64. The van der Waals surface area contributed by atoms with Crippen LogP contribution in [0, 0.1) is 6.92 Å². The SMILES string of the molecule is CCC(CC)n1nc(C(=O)Nc2ccn(CC(=O)O)n2)cc1C. The van der Waals surface area contributed by atoms with Gasteiger partial charge in [0.25, 0.3) is 5.91 Å². The number of hydrogen-bond acceptors (Lipinski definition) is 4. The lowest BCUT2D eigenvalue weighted by Gasteiger charge is -2.14. The summed E-state index contributed by atoms with van der Waals surface area (Å²) in [5, 5.41) is 19.7. The summed E-state index contributed by atoms with van der Waals surface area (Å²) in [6.07, 6.45) is 3.39. The van der Waals surface area contributed by atoms with Crippen LogP contribution in [0.4, 0.5) is 5.82 Å². The molecule has 1 amide bonds. The topological polar surface area (TPSA) is 102 Å². The number of aryl methyl sites for hydroxylation is 1. The first-order valence-corrected chi connectivity index (χ1v) is 7.57. The van der Waals surface area contributed by atoms with Gasteiger partial charge in [0, 0.05) is 18.0 Å². The van der Waals surface area contributed by atoms with Crippen LogP contribution in [0.1, 0.15) is 48.9 Å². The van der Waals surface area contributed by atoms with Gasteiger partial charge in [-0.3, -0.25) is 19.0 Å². The van der Waals surface area contributed by atoms with Crippen molar-refractivity contribution in [2.75, 3.05) is 5.32 Å². The molecule has 0 atom stereocenters. The van der Waals surface area contributed by atoms with Gasteiger partial charge in [-0.25, -0.2) is 0 Å². The number of carboxylic acids is 1. The Morgan fingerprint density at radius 1 is 1.30 bits per heavy atom. The van der Waals surface area contributed by atoms with E-state index in [4.69, 9.17) is 5.11 Å². The molecule has 0 bridgehead atoms. The number of aromatic nitrogens is 4. The first-order valence-electron chi connectivity index (χ1n) is 7.57. The molecule has 2 N–H and O–H groups in total. The van der Waals surface area contributed by atoms with Crippen molar-refractivity contribution in [3.8, 4) is 0 Å². The fourth-order valence-corrected chi connectivity index (χ4v) is 2.44. The Bertz CT molecular complexity index is 700. The van der Waals surface area contributed by atoms with E-state index in [1.165, 1.54) is 10.9 Å². The van der Waals surface area contributed by atoms with E-state index in [1.807, 2.05) is 11.6 Å². The number of carbonyl (C=O) groups excluding carboxylic acids is 1. The van der Waals surface area contributed by atoms with Gasteiger partial charge in [0.1, 0.15) is 6.54 Å². The van der Waals surface area contributed by atoms with Crippen molar-refractivity contribution < 1.29 is 14.7 Å². The molecule has 0 aliphatic rings. The highest BCUT2D eigenvalue weighted by atomic mass is 16.4. The van der Waals surface area contributed by atoms with Crippen LogP contribution < -0.4 is 5.32 Å². The molecule has 2 aromatic heterocycles. The average molecular weight is 319 g/mol. The molecule has 0 aliphatic carbocycles. The molecule has 2 rings (SSSR count). The fourth-order valence-electron chi connectivity index (χ4n) is 2.44. The smallest absolute Gasteiger partial charge is 0.325 e.